The monoisotopic (exact) mass is 389 g/mol. The molecule has 144 valence electrons. The lowest BCUT2D eigenvalue weighted by molar-refractivity contribution is -0.129. The highest BCUT2D eigenvalue weighted by Gasteiger charge is 2.31. The van der Waals surface area contributed by atoms with Gasteiger partial charge in [-0.05, 0) is 47.9 Å². The number of nitrogens with zero attached hydrogens (tertiary/aromatic N) is 5. The number of amides is 1. The summed E-state index contributed by atoms with van der Waals surface area (Å²) in [5.41, 5.74) is 1.11. The summed E-state index contributed by atoms with van der Waals surface area (Å²) in [6.45, 7) is 4.77. The molecule has 0 N–H and O–H groups in total. The molecule has 0 aliphatic carbocycles. The van der Waals surface area contributed by atoms with E-state index in [4.69, 9.17) is 9.47 Å². The van der Waals surface area contributed by atoms with E-state index in [2.05, 4.69) is 21.6 Å². The predicted octanol–water partition coefficient (Wildman–Crippen LogP) is 2.31. The van der Waals surface area contributed by atoms with E-state index in [1.165, 1.54) is 11.8 Å². The number of rotatable bonds is 5. The van der Waals surface area contributed by atoms with Gasteiger partial charge in [0.2, 0.25) is 11.1 Å². The van der Waals surface area contributed by atoms with Gasteiger partial charge in [0, 0.05) is 19.5 Å². The van der Waals surface area contributed by atoms with Crippen molar-refractivity contribution < 1.29 is 14.3 Å². The molecule has 2 aromatic rings. The molecule has 0 radical (unpaired) electrons. The third-order valence-electron chi connectivity index (χ3n) is 4.85. The van der Waals surface area contributed by atoms with Crippen molar-refractivity contribution in [3.05, 3.63) is 23.8 Å². The zero-order chi connectivity index (χ0) is 18.6. The number of carbonyl (C=O) groups is 1. The fourth-order valence-corrected chi connectivity index (χ4v) is 4.33. The predicted molar refractivity (Wildman–Crippen MR) is 100.0 cm³/mol. The molecule has 0 unspecified atom stereocenters. The molecule has 1 fully saturated rings. The van der Waals surface area contributed by atoms with Gasteiger partial charge in [0.1, 0.15) is 0 Å². The fraction of sp³-hybridized carbons (Fsp3) is 0.556. The molecule has 1 saturated heterocycles. The van der Waals surface area contributed by atoms with Gasteiger partial charge in [0.25, 0.3) is 0 Å². The number of ether oxygens (including phenoxy) is 2. The fourth-order valence-electron chi connectivity index (χ4n) is 3.51. The molecule has 1 amide bonds. The standard InChI is InChI=1S/C18H23N5O3S/c1-2-23-18(19-20-21-23)27-12-17(24)22-8-3-5-14(22)13-6-7-15-16(11-13)26-10-4-9-25-15/h6-7,11,14H,2-5,8-10,12H2,1H3/t14-/m0/s1. The second-order valence-corrected chi connectivity index (χ2v) is 7.51. The molecule has 0 saturated carbocycles. The van der Waals surface area contributed by atoms with Crippen molar-refractivity contribution in [1.29, 1.82) is 0 Å². The number of carbonyl (C=O) groups excluding carboxylic acids is 1. The van der Waals surface area contributed by atoms with Crippen molar-refractivity contribution >= 4 is 17.7 Å². The molecule has 0 spiro atoms. The summed E-state index contributed by atoms with van der Waals surface area (Å²) in [5.74, 6) is 2.01. The SMILES string of the molecule is CCn1nnnc1SCC(=O)N1CCC[C@H]1c1ccc2c(c1)OCCCO2. The Morgan fingerprint density at radius 3 is 2.96 bits per heavy atom. The number of hydrogen-bond acceptors (Lipinski definition) is 7. The van der Waals surface area contributed by atoms with E-state index in [0.29, 0.717) is 30.7 Å². The van der Waals surface area contributed by atoms with E-state index in [9.17, 15) is 4.79 Å². The lowest BCUT2D eigenvalue weighted by Crippen LogP contribution is -2.32. The molecular formula is C18H23N5O3S. The van der Waals surface area contributed by atoms with E-state index in [1.807, 2.05) is 24.0 Å². The maximum absolute atomic E-state index is 12.8. The molecule has 4 rings (SSSR count). The van der Waals surface area contributed by atoms with E-state index in [1.54, 1.807) is 4.68 Å². The van der Waals surface area contributed by atoms with Crippen molar-refractivity contribution in [3.63, 3.8) is 0 Å². The van der Waals surface area contributed by atoms with Gasteiger partial charge in [0.15, 0.2) is 11.5 Å². The van der Waals surface area contributed by atoms with Crippen LogP contribution in [0.4, 0.5) is 0 Å². The van der Waals surface area contributed by atoms with Crippen LogP contribution >= 0.6 is 11.8 Å². The van der Waals surface area contributed by atoms with Crippen molar-refractivity contribution in [1.82, 2.24) is 25.1 Å². The number of hydrogen-bond donors (Lipinski definition) is 0. The van der Waals surface area contributed by atoms with Crippen molar-refractivity contribution in [2.45, 2.75) is 43.9 Å². The highest BCUT2D eigenvalue weighted by molar-refractivity contribution is 7.99. The van der Waals surface area contributed by atoms with Gasteiger partial charge in [-0.25, -0.2) is 4.68 Å². The Balaban J connectivity index is 1.45. The van der Waals surface area contributed by atoms with Crippen LogP contribution in [-0.2, 0) is 11.3 Å². The molecule has 2 aliphatic rings. The molecule has 8 nitrogen and oxygen atoms in total. The largest absolute Gasteiger partial charge is 0.490 e. The van der Waals surface area contributed by atoms with Crippen LogP contribution < -0.4 is 9.47 Å². The first-order valence-electron chi connectivity index (χ1n) is 9.34. The first kappa shape index (κ1) is 18.1. The summed E-state index contributed by atoms with van der Waals surface area (Å²) in [6.07, 6.45) is 2.84. The van der Waals surface area contributed by atoms with Crippen LogP contribution in [0.1, 0.15) is 37.8 Å². The number of aromatic nitrogens is 4. The maximum Gasteiger partial charge on any atom is 0.233 e. The third kappa shape index (κ3) is 3.87. The summed E-state index contributed by atoms with van der Waals surface area (Å²) in [4.78, 5) is 14.8. The second kappa shape index (κ2) is 8.16. The summed E-state index contributed by atoms with van der Waals surface area (Å²) in [7, 11) is 0. The van der Waals surface area contributed by atoms with E-state index in [0.717, 1.165) is 42.9 Å². The van der Waals surface area contributed by atoms with Crippen molar-refractivity contribution in [2.75, 3.05) is 25.5 Å². The number of fused-ring (bicyclic) bond motifs is 1. The minimum Gasteiger partial charge on any atom is -0.490 e. The Hall–Kier alpha value is -2.29. The Bertz CT molecular complexity index is 812. The average Bonchev–Trinajstić information content (AvgIpc) is 3.30. The van der Waals surface area contributed by atoms with Crippen LogP contribution in [0.15, 0.2) is 23.4 Å². The van der Waals surface area contributed by atoms with Gasteiger partial charge in [-0.3, -0.25) is 4.79 Å². The number of likely N-dealkylation sites (tertiary alicyclic amines) is 1. The van der Waals surface area contributed by atoms with Crippen molar-refractivity contribution in [2.24, 2.45) is 0 Å². The normalized spacial score (nSPS) is 19.1. The van der Waals surface area contributed by atoms with Gasteiger partial charge in [0.05, 0.1) is 25.0 Å². The summed E-state index contributed by atoms with van der Waals surface area (Å²) >= 11 is 1.39. The zero-order valence-electron chi connectivity index (χ0n) is 15.3. The smallest absolute Gasteiger partial charge is 0.233 e. The van der Waals surface area contributed by atoms with E-state index in [-0.39, 0.29) is 11.9 Å². The highest BCUT2D eigenvalue weighted by Crippen LogP contribution is 2.38. The average molecular weight is 389 g/mol. The van der Waals surface area contributed by atoms with Crippen LogP contribution in [-0.4, -0.2) is 56.5 Å². The van der Waals surface area contributed by atoms with Gasteiger partial charge in [-0.15, -0.1) is 5.10 Å². The minimum absolute atomic E-state index is 0.0809. The quantitative estimate of drug-likeness (QED) is 0.726. The van der Waals surface area contributed by atoms with E-state index >= 15 is 0 Å². The third-order valence-corrected chi connectivity index (χ3v) is 5.79. The topological polar surface area (TPSA) is 82.4 Å². The molecule has 27 heavy (non-hydrogen) atoms. The molecule has 2 aliphatic heterocycles. The molecule has 9 heteroatoms. The lowest BCUT2D eigenvalue weighted by Gasteiger charge is -2.25. The molecule has 1 aromatic carbocycles. The molecule has 1 aromatic heterocycles. The Morgan fingerprint density at radius 2 is 2.11 bits per heavy atom. The van der Waals surface area contributed by atoms with Crippen LogP contribution in [0.25, 0.3) is 0 Å². The number of thioether (sulfide) groups is 1. The van der Waals surface area contributed by atoms with Gasteiger partial charge >= 0.3 is 0 Å². The summed E-state index contributed by atoms with van der Waals surface area (Å²) in [5, 5.41) is 12.2. The first-order valence-corrected chi connectivity index (χ1v) is 10.3. The first-order chi connectivity index (χ1) is 13.3. The lowest BCUT2D eigenvalue weighted by atomic mass is 10.0. The van der Waals surface area contributed by atoms with Crippen LogP contribution in [0, 0.1) is 0 Å². The highest BCUT2D eigenvalue weighted by atomic mass is 32.2. The number of benzene rings is 1. The Morgan fingerprint density at radius 1 is 1.26 bits per heavy atom. The Kier molecular flexibility index (Phi) is 5.47. The second-order valence-electron chi connectivity index (χ2n) is 6.57. The molecule has 1 atom stereocenters. The van der Waals surface area contributed by atoms with Gasteiger partial charge in [-0.1, -0.05) is 17.8 Å². The van der Waals surface area contributed by atoms with Crippen LogP contribution in [0.3, 0.4) is 0 Å². The zero-order valence-corrected chi connectivity index (χ0v) is 16.2. The molecule has 3 heterocycles. The molecule has 0 bridgehead atoms. The van der Waals surface area contributed by atoms with Gasteiger partial charge < -0.3 is 14.4 Å². The van der Waals surface area contributed by atoms with Crippen LogP contribution in [0.2, 0.25) is 0 Å². The minimum atomic E-state index is 0.0809. The number of aryl methyl sites for hydroxylation is 1. The summed E-state index contributed by atoms with van der Waals surface area (Å²) in [6, 6.07) is 6.12. The number of tetrazole rings is 1. The van der Waals surface area contributed by atoms with Gasteiger partial charge in [-0.2, -0.15) is 0 Å². The van der Waals surface area contributed by atoms with Crippen LogP contribution in [0.5, 0.6) is 11.5 Å². The summed E-state index contributed by atoms with van der Waals surface area (Å²) < 4.78 is 13.2. The van der Waals surface area contributed by atoms with Crippen molar-refractivity contribution in [3.8, 4) is 11.5 Å². The maximum atomic E-state index is 12.8. The molecular weight excluding hydrogens is 366 g/mol. The van der Waals surface area contributed by atoms with E-state index < -0.39 is 0 Å². The Labute approximate surface area is 162 Å².